The molecule has 2 nitrogen and oxygen atoms in total. The van der Waals surface area contributed by atoms with Gasteiger partial charge in [-0.2, -0.15) is 0 Å². The molecule has 1 aromatic heterocycles. The number of nitrogens with zero attached hydrogens (tertiary/aromatic N) is 1. The van der Waals surface area contributed by atoms with Gasteiger partial charge in [-0.1, -0.05) is 33.1 Å². The van der Waals surface area contributed by atoms with Crippen LogP contribution in [0.15, 0.2) is 0 Å². The van der Waals surface area contributed by atoms with Crippen molar-refractivity contribution in [1.29, 1.82) is 0 Å². The summed E-state index contributed by atoms with van der Waals surface area (Å²) in [4.78, 5) is 6.28. The van der Waals surface area contributed by atoms with Gasteiger partial charge in [-0.3, -0.25) is 0 Å². The Labute approximate surface area is 109 Å². The average Bonchev–Trinajstić information content (AvgIpc) is 2.73. The maximum Gasteiger partial charge on any atom is 0.0962 e. The van der Waals surface area contributed by atoms with Gasteiger partial charge in [0.15, 0.2) is 0 Å². The fraction of sp³-hybridized carbons (Fsp3) is 0.786. The van der Waals surface area contributed by atoms with Crippen molar-refractivity contribution in [1.82, 2.24) is 4.98 Å². The van der Waals surface area contributed by atoms with Gasteiger partial charge in [0.05, 0.1) is 10.7 Å². The van der Waals surface area contributed by atoms with Crippen molar-refractivity contribution in [2.45, 2.75) is 64.2 Å². The zero-order valence-electron chi connectivity index (χ0n) is 11.3. The Bertz CT molecular complexity index is 376. The SMILES string of the molecule is Cc1sc(C2CCCCC2)nc1C(C)(C)CN. The number of hydrogen-bond acceptors (Lipinski definition) is 3. The minimum atomic E-state index is 0.0213. The Morgan fingerprint density at radius 2 is 1.94 bits per heavy atom. The van der Waals surface area contributed by atoms with Crippen LogP contribution in [0.2, 0.25) is 0 Å². The second-order valence-corrected chi connectivity index (χ2v) is 7.11. The van der Waals surface area contributed by atoms with E-state index < -0.39 is 0 Å². The third kappa shape index (κ3) is 2.71. The van der Waals surface area contributed by atoms with Crippen LogP contribution in [0.25, 0.3) is 0 Å². The summed E-state index contributed by atoms with van der Waals surface area (Å²) in [6.07, 6.45) is 6.81. The molecule has 0 atom stereocenters. The monoisotopic (exact) mass is 252 g/mol. The third-order valence-corrected chi connectivity index (χ3v) is 5.05. The molecule has 2 rings (SSSR count). The van der Waals surface area contributed by atoms with Gasteiger partial charge in [-0.25, -0.2) is 4.98 Å². The van der Waals surface area contributed by atoms with Gasteiger partial charge < -0.3 is 5.73 Å². The maximum atomic E-state index is 5.86. The van der Waals surface area contributed by atoms with Crippen LogP contribution < -0.4 is 5.73 Å². The van der Waals surface area contributed by atoms with E-state index in [2.05, 4.69) is 20.8 Å². The highest BCUT2D eigenvalue weighted by Gasteiger charge is 2.27. The first-order valence-corrected chi connectivity index (χ1v) is 7.54. The highest BCUT2D eigenvalue weighted by molar-refractivity contribution is 7.11. The number of aromatic nitrogens is 1. The summed E-state index contributed by atoms with van der Waals surface area (Å²) >= 11 is 1.90. The molecule has 17 heavy (non-hydrogen) atoms. The Morgan fingerprint density at radius 3 is 2.53 bits per heavy atom. The summed E-state index contributed by atoms with van der Waals surface area (Å²) in [6.45, 7) is 7.25. The number of hydrogen-bond donors (Lipinski definition) is 1. The molecule has 1 heterocycles. The number of aryl methyl sites for hydroxylation is 1. The molecule has 1 saturated carbocycles. The number of rotatable bonds is 3. The van der Waals surface area contributed by atoms with E-state index in [-0.39, 0.29) is 5.41 Å². The molecule has 1 aliphatic rings. The summed E-state index contributed by atoms with van der Waals surface area (Å²) < 4.78 is 0. The van der Waals surface area contributed by atoms with Gasteiger partial charge >= 0.3 is 0 Å². The van der Waals surface area contributed by atoms with Gasteiger partial charge in [0, 0.05) is 22.8 Å². The third-order valence-electron chi connectivity index (χ3n) is 3.92. The summed E-state index contributed by atoms with van der Waals surface area (Å²) in [5.41, 5.74) is 7.11. The fourth-order valence-electron chi connectivity index (χ4n) is 2.67. The Balaban J connectivity index is 2.23. The zero-order valence-corrected chi connectivity index (χ0v) is 12.1. The standard InChI is InChI=1S/C14H24N2S/c1-10-12(14(2,3)9-15)16-13(17-10)11-7-5-4-6-8-11/h11H,4-9,15H2,1-3H3. The van der Waals surface area contributed by atoms with E-state index in [0.717, 1.165) is 5.92 Å². The van der Waals surface area contributed by atoms with Crippen molar-refractivity contribution in [3.8, 4) is 0 Å². The molecule has 0 bridgehead atoms. The highest BCUT2D eigenvalue weighted by atomic mass is 32.1. The fourth-order valence-corrected chi connectivity index (χ4v) is 3.94. The quantitative estimate of drug-likeness (QED) is 0.890. The zero-order chi connectivity index (χ0) is 12.5. The van der Waals surface area contributed by atoms with Crippen molar-refractivity contribution in [3.63, 3.8) is 0 Å². The average molecular weight is 252 g/mol. The summed E-state index contributed by atoms with van der Waals surface area (Å²) in [6, 6.07) is 0. The highest BCUT2D eigenvalue weighted by Crippen LogP contribution is 2.38. The molecule has 0 aliphatic heterocycles. The molecule has 0 aromatic carbocycles. The van der Waals surface area contributed by atoms with Crippen LogP contribution in [0.1, 0.15) is 67.4 Å². The molecule has 0 radical (unpaired) electrons. The van der Waals surface area contributed by atoms with Gasteiger partial charge in [-0.05, 0) is 19.8 Å². The van der Waals surface area contributed by atoms with E-state index in [1.54, 1.807) is 0 Å². The molecule has 0 saturated heterocycles. The van der Waals surface area contributed by atoms with Crippen LogP contribution >= 0.6 is 11.3 Å². The Morgan fingerprint density at radius 1 is 1.29 bits per heavy atom. The van der Waals surface area contributed by atoms with Crippen molar-refractivity contribution in [2.75, 3.05) is 6.54 Å². The second kappa shape index (κ2) is 5.07. The Hall–Kier alpha value is -0.410. The molecule has 0 unspecified atom stereocenters. The number of nitrogens with two attached hydrogens (primary N) is 1. The largest absolute Gasteiger partial charge is 0.330 e. The van der Waals surface area contributed by atoms with Crippen LogP contribution in [0, 0.1) is 6.92 Å². The first-order valence-electron chi connectivity index (χ1n) is 6.72. The molecule has 3 heteroatoms. The number of thiazole rings is 1. The molecule has 0 amide bonds. The predicted molar refractivity (Wildman–Crippen MR) is 74.8 cm³/mol. The van der Waals surface area contributed by atoms with Crippen LogP contribution in [-0.2, 0) is 5.41 Å². The molecule has 1 aromatic rings. The molecule has 1 aliphatic carbocycles. The topological polar surface area (TPSA) is 38.9 Å². The lowest BCUT2D eigenvalue weighted by molar-refractivity contribution is 0.439. The van der Waals surface area contributed by atoms with Gasteiger partial charge in [0.2, 0.25) is 0 Å². The summed E-state index contributed by atoms with van der Waals surface area (Å²) in [5, 5.41) is 1.36. The van der Waals surface area contributed by atoms with E-state index in [1.165, 1.54) is 47.7 Å². The van der Waals surface area contributed by atoms with E-state index in [0.29, 0.717) is 6.54 Å². The molecular weight excluding hydrogens is 228 g/mol. The van der Waals surface area contributed by atoms with Gasteiger partial charge in [0.1, 0.15) is 0 Å². The molecule has 96 valence electrons. The minimum Gasteiger partial charge on any atom is -0.330 e. The van der Waals surface area contributed by atoms with E-state index >= 15 is 0 Å². The first-order chi connectivity index (χ1) is 8.04. The van der Waals surface area contributed by atoms with Crippen molar-refractivity contribution in [3.05, 3.63) is 15.6 Å². The maximum absolute atomic E-state index is 5.86. The summed E-state index contributed by atoms with van der Waals surface area (Å²) in [7, 11) is 0. The van der Waals surface area contributed by atoms with E-state index in [4.69, 9.17) is 10.7 Å². The Kier molecular flexibility index (Phi) is 3.88. The molecular formula is C14H24N2S. The second-order valence-electron chi connectivity index (χ2n) is 5.88. The van der Waals surface area contributed by atoms with Gasteiger partial charge in [0.25, 0.3) is 0 Å². The van der Waals surface area contributed by atoms with Crippen molar-refractivity contribution >= 4 is 11.3 Å². The van der Waals surface area contributed by atoms with Crippen LogP contribution in [0.4, 0.5) is 0 Å². The molecule has 2 N–H and O–H groups in total. The predicted octanol–water partition coefficient (Wildman–Crippen LogP) is 3.74. The lowest BCUT2D eigenvalue weighted by Crippen LogP contribution is -2.29. The van der Waals surface area contributed by atoms with Crippen molar-refractivity contribution < 1.29 is 0 Å². The minimum absolute atomic E-state index is 0.0213. The molecule has 0 spiro atoms. The van der Waals surface area contributed by atoms with Crippen LogP contribution in [0.5, 0.6) is 0 Å². The van der Waals surface area contributed by atoms with Crippen molar-refractivity contribution in [2.24, 2.45) is 5.73 Å². The lowest BCUT2D eigenvalue weighted by atomic mass is 9.88. The smallest absolute Gasteiger partial charge is 0.0962 e. The normalized spacial score (nSPS) is 18.6. The lowest BCUT2D eigenvalue weighted by Gasteiger charge is -2.21. The van der Waals surface area contributed by atoms with E-state index in [1.807, 2.05) is 11.3 Å². The van der Waals surface area contributed by atoms with Gasteiger partial charge in [-0.15, -0.1) is 11.3 Å². The van der Waals surface area contributed by atoms with Crippen LogP contribution in [0.3, 0.4) is 0 Å². The summed E-state index contributed by atoms with van der Waals surface area (Å²) in [5.74, 6) is 0.717. The first kappa shape index (κ1) is 13.0. The molecule has 1 fully saturated rings. The van der Waals surface area contributed by atoms with Crippen LogP contribution in [-0.4, -0.2) is 11.5 Å². The van der Waals surface area contributed by atoms with E-state index in [9.17, 15) is 0 Å².